The molecule has 0 aromatic carbocycles. The van der Waals surface area contributed by atoms with Crippen LogP contribution in [0.25, 0.3) is 0 Å². The van der Waals surface area contributed by atoms with Gasteiger partial charge in [0.1, 0.15) is 0 Å². The van der Waals surface area contributed by atoms with Crippen LogP contribution < -0.4 is 26.9 Å². The van der Waals surface area contributed by atoms with E-state index in [0.717, 1.165) is 0 Å². The van der Waals surface area contributed by atoms with Crippen LogP contribution in [0.2, 0.25) is 0 Å². The molecule has 0 aliphatic heterocycles. The first-order chi connectivity index (χ1) is 14.6. The molecule has 0 aliphatic carbocycles. The van der Waals surface area contributed by atoms with Crippen molar-refractivity contribution in [2.24, 2.45) is 21.1 Å². The van der Waals surface area contributed by atoms with Crippen LogP contribution in [0.3, 0.4) is 0 Å². The third-order valence-corrected chi connectivity index (χ3v) is 7.93. The maximum absolute atomic E-state index is 12.5. The Kier molecular flexibility index (Phi) is 6.51. The fraction of sp³-hybridized carbons (Fsp3) is 0.286. The second-order valence-corrected chi connectivity index (χ2v) is 9.95. The molecule has 0 radical (unpaired) electrons. The fourth-order valence-corrected chi connectivity index (χ4v) is 6.23. The molecule has 3 heterocycles. The molecule has 0 fully saturated rings. The third-order valence-electron chi connectivity index (χ3n) is 5.24. The number of pyridine rings is 3. The van der Waals surface area contributed by atoms with Gasteiger partial charge in [-0.1, -0.05) is 0 Å². The van der Waals surface area contributed by atoms with Gasteiger partial charge in [-0.2, -0.15) is 0 Å². The SMILES string of the molecule is Cc1c([O][Ga]([O]c2c(C)n(C)ccc2=O)[O]c2c(C)n(C)ccc2=O)c(=O)ccn1C. The molecule has 0 aliphatic rings. The molecule has 0 saturated heterocycles. The molecule has 3 aromatic heterocycles. The van der Waals surface area contributed by atoms with Gasteiger partial charge in [-0.15, -0.1) is 0 Å². The molecule has 0 N–H and O–H groups in total. The molecule has 9 nitrogen and oxygen atoms in total. The van der Waals surface area contributed by atoms with Gasteiger partial charge < -0.3 is 0 Å². The Bertz CT molecular complexity index is 1150. The predicted molar refractivity (Wildman–Crippen MR) is 117 cm³/mol. The van der Waals surface area contributed by atoms with Gasteiger partial charge in [0, 0.05) is 0 Å². The molecular weight excluding hydrogens is 460 g/mol. The summed E-state index contributed by atoms with van der Waals surface area (Å²) < 4.78 is 23.1. The summed E-state index contributed by atoms with van der Waals surface area (Å²) in [4.78, 5) is 37.4. The van der Waals surface area contributed by atoms with Gasteiger partial charge in [-0.05, 0) is 0 Å². The number of hydrogen-bond acceptors (Lipinski definition) is 6. The van der Waals surface area contributed by atoms with Crippen molar-refractivity contribution in [3.63, 3.8) is 0 Å². The average molecular weight is 484 g/mol. The molecule has 0 unspecified atom stereocenters. The van der Waals surface area contributed by atoms with E-state index in [9.17, 15) is 14.4 Å². The number of nitrogens with zero attached hydrogens (tertiary/aromatic N) is 3. The summed E-state index contributed by atoms with van der Waals surface area (Å²) in [5.41, 5.74) is 0.707. The van der Waals surface area contributed by atoms with Gasteiger partial charge in [-0.25, -0.2) is 0 Å². The average Bonchev–Trinajstić information content (AvgIpc) is 2.73. The normalized spacial score (nSPS) is 10.6. The van der Waals surface area contributed by atoms with E-state index in [2.05, 4.69) is 0 Å². The Labute approximate surface area is 185 Å². The van der Waals surface area contributed by atoms with Gasteiger partial charge in [0.25, 0.3) is 0 Å². The summed E-state index contributed by atoms with van der Waals surface area (Å²) in [6, 6.07) is 4.13. The van der Waals surface area contributed by atoms with Crippen LogP contribution in [0.5, 0.6) is 17.2 Å². The topological polar surface area (TPSA) is 93.7 Å². The van der Waals surface area contributed by atoms with Gasteiger partial charge in [0.15, 0.2) is 0 Å². The molecule has 0 bridgehead atoms. The number of aryl methyl sites for hydroxylation is 3. The van der Waals surface area contributed by atoms with E-state index >= 15 is 0 Å². The van der Waals surface area contributed by atoms with Gasteiger partial charge in [0.2, 0.25) is 0 Å². The van der Waals surface area contributed by atoms with E-state index in [1.165, 1.54) is 18.2 Å². The molecule has 31 heavy (non-hydrogen) atoms. The van der Waals surface area contributed by atoms with E-state index in [1.54, 1.807) is 74.2 Å². The van der Waals surface area contributed by atoms with Gasteiger partial charge >= 0.3 is 185 Å². The first-order valence-electron chi connectivity index (χ1n) is 9.58. The van der Waals surface area contributed by atoms with Crippen LogP contribution in [0, 0.1) is 20.8 Å². The number of rotatable bonds is 6. The zero-order valence-corrected chi connectivity index (χ0v) is 20.8. The molecule has 162 valence electrons. The quantitative estimate of drug-likeness (QED) is 0.489. The van der Waals surface area contributed by atoms with Crippen molar-refractivity contribution < 1.29 is 10.6 Å². The van der Waals surface area contributed by atoms with Gasteiger partial charge in [0.05, 0.1) is 0 Å². The third kappa shape index (κ3) is 4.64. The Balaban J connectivity index is 2.10. The Morgan fingerprint density at radius 1 is 0.581 bits per heavy atom. The summed E-state index contributed by atoms with van der Waals surface area (Å²) in [6.45, 7) is 5.20. The van der Waals surface area contributed by atoms with Crippen LogP contribution >= 0.6 is 0 Å². The van der Waals surface area contributed by atoms with Crippen LogP contribution in [0.4, 0.5) is 0 Å². The van der Waals surface area contributed by atoms with Crippen molar-refractivity contribution in [1.29, 1.82) is 0 Å². The van der Waals surface area contributed by atoms with Crippen molar-refractivity contribution in [1.82, 2.24) is 13.7 Å². The molecule has 3 rings (SSSR count). The van der Waals surface area contributed by atoms with E-state index in [-0.39, 0.29) is 33.5 Å². The molecule has 10 heteroatoms. The fourth-order valence-electron chi connectivity index (χ4n) is 2.91. The van der Waals surface area contributed by atoms with Crippen molar-refractivity contribution in [2.45, 2.75) is 20.8 Å². The molecule has 0 amide bonds. The molecule has 0 spiro atoms. The molecular formula is C21H24GaN3O6. The Morgan fingerprint density at radius 3 is 1.10 bits per heavy atom. The van der Waals surface area contributed by atoms with Crippen LogP contribution in [0.15, 0.2) is 51.2 Å². The minimum atomic E-state index is -3.89. The maximum atomic E-state index is 12.5. The van der Waals surface area contributed by atoms with Crippen molar-refractivity contribution >= 4 is 17.3 Å². The first-order valence-corrected chi connectivity index (χ1v) is 12.6. The van der Waals surface area contributed by atoms with E-state index in [4.69, 9.17) is 10.6 Å². The van der Waals surface area contributed by atoms with Crippen molar-refractivity contribution in [3.05, 3.63) is 84.5 Å². The molecule has 3 aromatic rings. The van der Waals surface area contributed by atoms with Crippen LogP contribution in [-0.4, -0.2) is 31.0 Å². The number of hydrogen-bond donors (Lipinski definition) is 0. The monoisotopic (exact) mass is 483 g/mol. The van der Waals surface area contributed by atoms with Crippen LogP contribution in [-0.2, 0) is 21.1 Å². The predicted octanol–water partition coefficient (Wildman–Crippen LogP) is 1.23. The first kappa shape index (κ1) is 22.6. The van der Waals surface area contributed by atoms with Crippen molar-refractivity contribution in [3.8, 4) is 17.2 Å². The van der Waals surface area contributed by atoms with E-state index in [1.807, 2.05) is 0 Å². The van der Waals surface area contributed by atoms with Crippen LogP contribution in [0.1, 0.15) is 17.1 Å². The second kappa shape index (κ2) is 8.94. The Morgan fingerprint density at radius 2 is 0.839 bits per heavy atom. The summed E-state index contributed by atoms with van der Waals surface area (Å²) >= 11 is -3.89. The zero-order valence-electron chi connectivity index (χ0n) is 18.3. The molecule has 0 atom stereocenters. The number of aromatic nitrogens is 3. The zero-order chi connectivity index (χ0) is 22.9. The van der Waals surface area contributed by atoms with Crippen molar-refractivity contribution in [2.75, 3.05) is 0 Å². The second-order valence-electron chi connectivity index (χ2n) is 7.26. The summed E-state index contributed by atoms with van der Waals surface area (Å²) in [6.07, 6.45) is 4.88. The summed E-state index contributed by atoms with van der Waals surface area (Å²) in [5.74, 6) is 0.224. The standard InChI is InChI=1S/3C7H9NO2.Ga/c3*1-5-7(10)6(9)3-4-8(5)2;/h3*3-4,10H,1-2H3;/q;;;+3/p-3. The minimum absolute atomic E-state index is 0.0748. The summed E-state index contributed by atoms with van der Waals surface area (Å²) in [7, 11) is 5.33. The van der Waals surface area contributed by atoms with Gasteiger partial charge in [-0.3, -0.25) is 0 Å². The Hall–Kier alpha value is -3.11. The summed E-state index contributed by atoms with van der Waals surface area (Å²) in [5, 5.41) is 0. The van der Waals surface area contributed by atoms with E-state index < -0.39 is 17.3 Å². The molecule has 0 saturated carbocycles. The van der Waals surface area contributed by atoms with E-state index in [0.29, 0.717) is 17.1 Å².